The van der Waals surface area contributed by atoms with Gasteiger partial charge in [-0.2, -0.15) is 0 Å². The highest BCUT2D eigenvalue weighted by Crippen LogP contribution is 2.12. The number of aliphatic hydroxyl groups is 1. The van der Waals surface area contributed by atoms with Crippen LogP contribution in [0.25, 0.3) is 0 Å². The minimum Gasteiger partial charge on any atom is -0.389 e. The van der Waals surface area contributed by atoms with Gasteiger partial charge in [-0.1, -0.05) is 5.21 Å². The summed E-state index contributed by atoms with van der Waals surface area (Å²) in [6.45, 7) is 6.65. The van der Waals surface area contributed by atoms with E-state index in [1.165, 1.54) is 0 Å². The van der Waals surface area contributed by atoms with Crippen molar-refractivity contribution in [1.82, 2.24) is 15.0 Å². The van der Waals surface area contributed by atoms with Gasteiger partial charge in [-0.15, -0.1) is 5.10 Å². The highest BCUT2D eigenvalue weighted by molar-refractivity contribution is 5.05. The van der Waals surface area contributed by atoms with Crippen molar-refractivity contribution in [2.45, 2.75) is 45.1 Å². The molecule has 110 valence electrons. The third kappa shape index (κ3) is 5.65. The molecule has 0 radical (unpaired) electrons. The van der Waals surface area contributed by atoms with Gasteiger partial charge < -0.3 is 20.3 Å². The van der Waals surface area contributed by atoms with E-state index in [0.717, 1.165) is 0 Å². The Morgan fingerprint density at radius 3 is 2.68 bits per heavy atom. The van der Waals surface area contributed by atoms with Crippen LogP contribution < -0.4 is 5.73 Å². The first-order chi connectivity index (χ1) is 8.82. The lowest BCUT2D eigenvalue weighted by Crippen LogP contribution is -2.29. The number of aliphatic hydroxyl groups excluding tert-OH is 1. The molecule has 1 aromatic heterocycles. The molecule has 1 rings (SSSR count). The number of nitrogens with two attached hydrogens (primary N) is 1. The molecular formula is C12H24N4O3. The molecule has 7 heteroatoms. The number of methoxy groups -OCH3 is 1. The van der Waals surface area contributed by atoms with Gasteiger partial charge in [0.25, 0.3) is 0 Å². The van der Waals surface area contributed by atoms with Crippen molar-refractivity contribution in [3.63, 3.8) is 0 Å². The molecule has 0 aliphatic carbocycles. The Hall–Kier alpha value is -1.02. The van der Waals surface area contributed by atoms with Gasteiger partial charge >= 0.3 is 0 Å². The first-order valence-corrected chi connectivity index (χ1v) is 6.31. The van der Waals surface area contributed by atoms with Gasteiger partial charge in [0.15, 0.2) is 0 Å². The number of ether oxygens (including phenoxy) is 2. The molecule has 0 aliphatic heterocycles. The molecule has 3 N–H and O–H groups in total. The zero-order chi connectivity index (χ0) is 14.5. The third-order valence-electron chi connectivity index (χ3n) is 2.57. The summed E-state index contributed by atoms with van der Waals surface area (Å²) < 4.78 is 11.9. The van der Waals surface area contributed by atoms with Gasteiger partial charge in [-0.3, -0.25) is 0 Å². The fourth-order valence-corrected chi connectivity index (χ4v) is 1.51. The molecule has 0 aromatic carbocycles. The first kappa shape index (κ1) is 16.0. The lowest BCUT2D eigenvalue weighted by Gasteiger charge is -2.16. The van der Waals surface area contributed by atoms with Crippen LogP contribution in [0.1, 0.15) is 26.5 Å². The van der Waals surface area contributed by atoms with Gasteiger partial charge in [0.2, 0.25) is 0 Å². The maximum atomic E-state index is 9.85. The summed E-state index contributed by atoms with van der Waals surface area (Å²) in [5, 5.41) is 17.8. The quantitative estimate of drug-likeness (QED) is 0.685. The van der Waals surface area contributed by atoms with Crippen LogP contribution in [-0.4, -0.2) is 52.6 Å². The molecule has 0 bridgehead atoms. The molecular weight excluding hydrogens is 248 g/mol. The lowest BCUT2D eigenvalue weighted by atomic mass is 10.0. The molecule has 0 aliphatic rings. The molecule has 0 spiro atoms. The van der Waals surface area contributed by atoms with E-state index in [2.05, 4.69) is 10.3 Å². The second kappa shape index (κ2) is 6.95. The monoisotopic (exact) mass is 272 g/mol. The Kier molecular flexibility index (Phi) is 5.86. The Morgan fingerprint density at radius 2 is 2.16 bits per heavy atom. The minimum atomic E-state index is -0.644. The largest absolute Gasteiger partial charge is 0.389 e. The number of rotatable bonds is 8. The highest BCUT2D eigenvalue weighted by atomic mass is 16.5. The van der Waals surface area contributed by atoms with Crippen LogP contribution in [0.2, 0.25) is 0 Å². The van der Waals surface area contributed by atoms with E-state index in [9.17, 15) is 5.11 Å². The molecule has 0 saturated carbocycles. The normalized spacial score (nSPS) is 15.5. The van der Waals surface area contributed by atoms with Crippen LogP contribution in [0, 0.1) is 0 Å². The molecule has 1 heterocycles. The van der Waals surface area contributed by atoms with Gasteiger partial charge in [0.05, 0.1) is 43.7 Å². The smallest absolute Gasteiger partial charge is 0.102 e. The molecule has 2 atom stereocenters. The predicted molar refractivity (Wildman–Crippen MR) is 70.5 cm³/mol. The van der Waals surface area contributed by atoms with E-state index >= 15 is 0 Å². The number of nitrogens with zero attached hydrogens (tertiary/aromatic N) is 3. The average molecular weight is 272 g/mol. The molecule has 0 fully saturated rings. The topological polar surface area (TPSA) is 95.4 Å². The van der Waals surface area contributed by atoms with Crippen LogP contribution in [0.4, 0.5) is 0 Å². The summed E-state index contributed by atoms with van der Waals surface area (Å²) in [6, 6.07) is 0. The summed E-state index contributed by atoms with van der Waals surface area (Å²) in [7, 11) is 1.61. The maximum absolute atomic E-state index is 9.85. The van der Waals surface area contributed by atoms with Gasteiger partial charge in [0.1, 0.15) is 5.69 Å². The Morgan fingerprint density at radius 1 is 1.47 bits per heavy atom. The van der Waals surface area contributed by atoms with Crippen LogP contribution >= 0.6 is 0 Å². The zero-order valence-electron chi connectivity index (χ0n) is 12.0. The van der Waals surface area contributed by atoms with Gasteiger partial charge in [-0.25, -0.2) is 4.68 Å². The lowest BCUT2D eigenvalue weighted by molar-refractivity contribution is -0.0365. The van der Waals surface area contributed by atoms with E-state index < -0.39 is 11.6 Å². The Labute approximate surface area is 113 Å². The molecule has 2 unspecified atom stereocenters. The number of aromatic nitrogens is 3. The van der Waals surface area contributed by atoms with Crippen LogP contribution in [0.15, 0.2) is 6.20 Å². The molecule has 0 saturated heterocycles. The molecule has 0 amide bonds. The van der Waals surface area contributed by atoms with E-state index in [4.69, 9.17) is 15.2 Å². The minimum absolute atomic E-state index is 0.0473. The zero-order valence-corrected chi connectivity index (χ0v) is 12.0. The van der Waals surface area contributed by atoms with Crippen molar-refractivity contribution in [3.8, 4) is 0 Å². The number of hydrogen-bond acceptors (Lipinski definition) is 6. The van der Waals surface area contributed by atoms with Crippen LogP contribution in [-0.2, 0) is 21.6 Å². The average Bonchev–Trinajstić information content (AvgIpc) is 2.75. The summed E-state index contributed by atoms with van der Waals surface area (Å²) in [5.74, 6) is 0. The van der Waals surface area contributed by atoms with E-state index in [1.54, 1.807) is 18.0 Å². The van der Waals surface area contributed by atoms with Crippen molar-refractivity contribution in [2.24, 2.45) is 5.73 Å². The highest BCUT2D eigenvalue weighted by Gasteiger charge is 2.19. The second-order valence-electron chi connectivity index (χ2n) is 5.30. The Balaban J connectivity index is 2.40. The standard InChI is InChI=1S/C12H24N4O3/c1-9(7-18-4)19-8-10(17)5-16-6-11(14-15-16)12(2,3)13/h6,9-10,17H,5,7-8,13H2,1-4H3. The summed E-state index contributed by atoms with van der Waals surface area (Å²) in [4.78, 5) is 0. The Bertz CT molecular complexity index is 375. The second-order valence-corrected chi connectivity index (χ2v) is 5.30. The third-order valence-corrected chi connectivity index (χ3v) is 2.57. The summed E-state index contributed by atoms with van der Waals surface area (Å²) >= 11 is 0. The fraction of sp³-hybridized carbons (Fsp3) is 0.833. The SMILES string of the molecule is COCC(C)OCC(O)Cn1cc(C(C)(C)N)nn1. The molecule has 7 nitrogen and oxygen atoms in total. The van der Waals surface area contributed by atoms with Crippen molar-refractivity contribution in [1.29, 1.82) is 0 Å². The van der Waals surface area contributed by atoms with Gasteiger partial charge in [0, 0.05) is 7.11 Å². The van der Waals surface area contributed by atoms with Crippen molar-refractivity contribution >= 4 is 0 Å². The van der Waals surface area contributed by atoms with Crippen LogP contribution in [0.5, 0.6) is 0 Å². The van der Waals surface area contributed by atoms with Crippen molar-refractivity contribution in [3.05, 3.63) is 11.9 Å². The van der Waals surface area contributed by atoms with Gasteiger partial charge in [-0.05, 0) is 20.8 Å². The predicted octanol–water partition coefficient (Wildman–Crippen LogP) is -0.116. The number of hydrogen-bond donors (Lipinski definition) is 2. The van der Waals surface area contributed by atoms with E-state index in [-0.39, 0.29) is 12.7 Å². The van der Waals surface area contributed by atoms with E-state index in [1.807, 2.05) is 20.8 Å². The molecule has 1 aromatic rings. The van der Waals surface area contributed by atoms with E-state index in [0.29, 0.717) is 18.8 Å². The fourth-order valence-electron chi connectivity index (χ4n) is 1.51. The summed E-state index contributed by atoms with van der Waals surface area (Å²) in [6.07, 6.45) is 1.05. The maximum Gasteiger partial charge on any atom is 0.102 e. The van der Waals surface area contributed by atoms with Crippen LogP contribution in [0.3, 0.4) is 0 Å². The first-order valence-electron chi connectivity index (χ1n) is 6.31. The van der Waals surface area contributed by atoms with Crippen molar-refractivity contribution in [2.75, 3.05) is 20.3 Å². The van der Waals surface area contributed by atoms with Crippen molar-refractivity contribution < 1.29 is 14.6 Å². The molecule has 19 heavy (non-hydrogen) atoms. The summed E-state index contributed by atoms with van der Waals surface area (Å²) in [5.41, 5.74) is 6.07.